The highest BCUT2D eigenvalue weighted by molar-refractivity contribution is 6.32. The van der Waals surface area contributed by atoms with Crippen LogP contribution in [0.3, 0.4) is 0 Å². The van der Waals surface area contributed by atoms with E-state index in [2.05, 4.69) is 22.2 Å². The van der Waals surface area contributed by atoms with Gasteiger partial charge in [0.2, 0.25) is 0 Å². The van der Waals surface area contributed by atoms with Crippen LogP contribution in [0.5, 0.6) is 0 Å². The molecule has 1 aliphatic heterocycles. The molecule has 1 fully saturated rings. The van der Waals surface area contributed by atoms with E-state index >= 15 is 0 Å². The smallest absolute Gasteiger partial charge is 0.287 e. The Morgan fingerprint density at radius 3 is 2.95 bits per heavy atom. The van der Waals surface area contributed by atoms with Crippen LogP contribution in [-0.2, 0) is 0 Å². The van der Waals surface area contributed by atoms with E-state index in [0.717, 1.165) is 19.6 Å². The number of hydrogen-bond donors (Lipinski definition) is 1. The molecule has 2 rings (SSSR count). The van der Waals surface area contributed by atoms with Crippen molar-refractivity contribution < 1.29 is 0 Å². The van der Waals surface area contributed by atoms with Crippen molar-refractivity contribution >= 4 is 17.3 Å². The monoisotopic (exact) mass is 298 g/mol. The largest absolute Gasteiger partial charge is 0.381 e. The third-order valence-corrected chi connectivity index (χ3v) is 4.23. The first-order chi connectivity index (χ1) is 9.54. The molecule has 1 saturated heterocycles. The van der Waals surface area contributed by atoms with E-state index in [9.17, 15) is 4.79 Å². The van der Waals surface area contributed by atoms with Gasteiger partial charge in [0.1, 0.15) is 5.02 Å². The molecular formula is C14H23ClN4O. The van der Waals surface area contributed by atoms with Crippen molar-refractivity contribution in [2.75, 3.05) is 25.0 Å². The first kappa shape index (κ1) is 15.3. The van der Waals surface area contributed by atoms with Gasteiger partial charge in [0.25, 0.3) is 5.56 Å². The van der Waals surface area contributed by atoms with Crippen LogP contribution in [-0.4, -0.2) is 40.4 Å². The van der Waals surface area contributed by atoms with Crippen LogP contribution in [0.2, 0.25) is 5.02 Å². The third kappa shape index (κ3) is 3.15. The lowest BCUT2D eigenvalue weighted by molar-refractivity contribution is 0.277. The Morgan fingerprint density at radius 2 is 2.30 bits per heavy atom. The minimum absolute atomic E-state index is 0.0134. The topological polar surface area (TPSA) is 50.2 Å². The summed E-state index contributed by atoms with van der Waals surface area (Å²) < 4.78 is 1.40. The number of likely N-dealkylation sites (tertiary alicyclic amines) is 1. The van der Waals surface area contributed by atoms with Gasteiger partial charge in [-0.3, -0.25) is 9.69 Å². The summed E-state index contributed by atoms with van der Waals surface area (Å²) in [6.07, 6.45) is 4.07. The van der Waals surface area contributed by atoms with Crippen molar-refractivity contribution in [2.24, 2.45) is 0 Å². The molecule has 1 aliphatic rings. The molecule has 1 unspecified atom stereocenters. The lowest BCUT2D eigenvalue weighted by atomic mass is 10.2. The van der Waals surface area contributed by atoms with Crippen LogP contribution in [0.4, 0.5) is 5.69 Å². The molecule has 112 valence electrons. The fraction of sp³-hybridized carbons (Fsp3) is 0.714. The van der Waals surface area contributed by atoms with Crippen LogP contribution in [0, 0.1) is 0 Å². The number of halogens is 1. The summed E-state index contributed by atoms with van der Waals surface area (Å²) in [5.41, 5.74) is 0.405. The van der Waals surface area contributed by atoms with Gasteiger partial charge in [-0.15, -0.1) is 0 Å². The molecule has 1 aromatic heterocycles. The van der Waals surface area contributed by atoms with Gasteiger partial charge in [-0.25, -0.2) is 4.68 Å². The van der Waals surface area contributed by atoms with Crippen molar-refractivity contribution in [3.63, 3.8) is 0 Å². The molecule has 0 radical (unpaired) electrons. The third-order valence-electron chi connectivity index (χ3n) is 3.87. The van der Waals surface area contributed by atoms with Crippen LogP contribution in [0.25, 0.3) is 0 Å². The highest BCUT2D eigenvalue weighted by atomic mass is 35.5. The molecular weight excluding hydrogens is 276 g/mol. The van der Waals surface area contributed by atoms with E-state index in [1.54, 1.807) is 6.20 Å². The zero-order valence-corrected chi connectivity index (χ0v) is 13.2. The molecule has 1 aromatic rings. The number of anilines is 1. The van der Waals surface area contributed by atoms with Gasteiger partial charge in [-0.1, -0.05) is 18.5 Å². The predicted octanol–water partition coefficient (Wildman–Crippen LogP) is 2.37. The maximum Gasteiger partial charge on any atom is 0.287 e. The molecule has 0 bridgehead atoms. The van der Waals surface area contributed by atoms with Gasteiger partial charge in [0.15, 0.2) is 0 Å². The van der Waals surface area contributed by atoms with E-state index < -0.39 is 0 Å². The normalized spacial score (nSPS) is 19.8. The molecule has 1 atom stereocenters. The van der Waals surface area contributed by atoms with Crippen LogP contribution in [0.15, 0.2) is 11.0 Å². The summed E-state index contributed by atoms with van der Waals surface area (Å²) in [5, 5.41) is 7.67. The number of rotatable bonds is 5. The summed E-state index contributed by atoms with van der Waals surface area (Å²) in [6.45, 7) is 9.03. The van der Waals surface area contributed by atoms with Gasteiger partial charge < -0.3 is 5.32 Å². The lowest BCUT2D eigenvalue weighted by Gasteiger charge is -2.23. The average molecular weight is 299 g/mol. The van der Waals surface area contributed by atoms with Crippen LogP contribution >= 0.6 is 11.6 Å². The van der Waals surface area contributed by atoms with Crippen molar-refractivity contribution in [2.45, 2.75) is 45.7 Å². The fourth-order valence-corrected chi connectivity index (χ4v) is 2.91. The maximum absolute atomic E-state index is 12.1. The highest BCUT2D eigenvalue weighted by Gasteiger charge is 2.23. The molecule has 0 spiro atoms. The Kier molecular flexibility index (Phi) is 5.05. The summed E-state index contributed by atoms with van der Waals surface area (Å²) in [4.78, 5) is 14.5. The summed E-state index contributed by atoms with van der Waals surface area (Å²) in [7, 11) is 0. The van der Waals surface area contributed by atoms with Gasteiger partial charge >= 0.3 is 0 Å². The number of nitrogens with zero attached hydrogens (tertiary/aromatic N) is 3. The second kappa shape index (κ2) is 6.59. The van der Waals surface area contributed by atoms with Gasteiger partial charge in [-0.2, -0.15) is 5.10 Å². The van der Waals surface area contributed by atoms with Crippen molar-refractivity contribution in [1.29, 1.82) is 0 Å². The van der Waals surface area contributed by atoms with Crippen LogP contribution < -0.4 is 10.9 Å². The quantitative estimate of drug-likeness (QED) is 0.907. The number of hydrogen-bond acceptors (Lipinski definition) is 4. The Morgan fingerprint density at radius 1 is 1.55 bits per heavy atom. The van der Waals surface area contributed by atoms with Gasteiger partial charge in [-0.05, 0) is 39.8 Å². The van der Waals surface area contributed by atoms with E-state index in [1.165, 1.54) is 17.5 Å². The second-order valence-electron chi connectivity index (χ2n) is 5.52. The molecule has 20 heavy (non-hydrogen) atoms. The van der Waals surface area contributed by atoms with E-state index in [0.29, 0.717) is 11.7 Å². The molecule has 0 aliphatic carbocycles. The first-order valence-corrected chi connectivity index (χ1v) is 7.67. The zero-order valence-electron chi connectivity index (χ0n) is 12.4. The number of aromatic nitrogens is 2. The molecule has 0 saturated carbocycles. The minimum Gasteiger partial charge on any atom is -0.381 e. The zero-order chi connectivity index (χ0) is 14.7. The number of nitrogens with one attached hydrogen (secondary N) is 1. The minimum atomic E-state index is -0.231. The standard InChI is InChI=1S/C14H23ClN4O/c1-4-18-7-5-6-11(18)8-16-12-9-17-19(10(2)3)14(20)13(12)15/h9-11,16H,4-8H2,1-3H3. The lowest BCUT2D eigenvalue weighted by Crippen LogP contribution is -2.35. The molecule has 1 N–H and O–H groups in total. The van der Waals surface area contributed by atoms with E-state index in [4.69, 9.17) is 11.6 Å². The van der Waals surface area contributed by atoms with E-state index in [1.807, 2.05) is 13.8 Å². The summed E-state index contributed by atoms with van der Waals surface area (Å²) in [6, 6.07) is 0.531. The maximum atomic E-state index is 12.1. The van der Waals surface area contributed by atoms with Gasteiger partial charge in [0, 0.05) is 12.6 Å². The first-order valence-electron chi connectivity index (χ1n) is 7.29. The Balaban J connectivity index is 2.07. The molecule has 0 aromatic carbocycles. The highest BCUT2D eigenvalue weighted by Crippen LogP contribution is 2.20. The van der Waals surface area contributed by atoms with Crippen LogP contribution in [0.1, 0.15) is 39.7 Å². The average Bonchev–Trinajstić information content (AvgIpc) is 2.87. The molecule has 5 nitrogen and oxygen atoms in total. The fourth-order valence-electron chi connectivity index (χ4n) is 2.71. The van der Waals surface area contributed by atoms with Crippen molar-refractivity contribution in [3.8, 4) is 0 Å². The van der Waals surface area contributed by atoms with Gasteiger partial charge in [0.05, 0.1) is 17.9 Å². The Hall–Kier alpha value is -1.07. The number of likely N-dealkylation sites (N-methyl/N-ethyl adjacent to an activating group) is 1. The van der Waals surface area contributed by atoms with Crippen molar-refractivity contribution in [3.05, 3.63) is 21.6 Å². The predicted molar refractivity (Wildman–Crippen MR) is 82.7 cm³/mol. The Labute approximate surface area is 124 Å². The summed E-state index contributed by atoms with van der Waals surface area (Å²) >= 11 is 6.15. The van der Waals surface area contributed by atoms with E-state index in [-0.39, 0.29) is 16.6 Å². The second-order valence-corrected chi connectivity index (χ2v) is 5.90. The van der Waals surface area contributed by atoms with Crippen molar-refractivity contribution in [1.82, 2.24) is 14.7 Å². The molecule has 2 heterocycles. The Bertz CT molecular complexity index is 514. The molecule has 0 amide bonds. The summed E-state index contributed by atoms with van der Waals surface area (Å²) in [5.74, 6) is 0. The SMILES string of the molecule is CCN1CCCC1CNc1cnn(C(C)C)c(=O)c1Cl. The molecule has 6 heteroatoms.